The summed E-state index contributed by atoms with van der Waals surface area (Å²) in [5, 5.41) is 14.2. The predicted molar refractivity (Wildman–Crippen MR) is 121 cm³/mol. The van der Waals surface area contributed by atoms with Gasteiger partial charge in [0.2, 0.25) is 5.91 Å². The Morgan fingerprint density at radius 2 is 1.88 bits per heavy atom. The van der Waals surface area contributed by atoms with Crippen molar-refractivity contribution < 1.29 is 14.0 Å². The molecule has 0 aliphatic rings. The number of benzene rings is 2. The Hall–Kier alpha value is -3.43. The maximum Gasteiger partial charge on any atom is 0.253 e. The van der Waals surface area contributed by atoms with Gasteiger partial charge in [-0.2, -0.15) is 0 Å². The first kappa shape index (κ1) is 21.8. The number of carbonyl (C=O) groups excluding carboxylic acids is 2. The van der Waals surface area contributed by atoms with E-state index in [0.29, 0.717) is 28.6 Å². The van der Waals surface area contributed by atoms with Crippen LogP contribution in [-0.4, -0.2) is 32.2 Å². The number of fused-ring (bicyclic) bond motifs is 1. The molecule has 0 aliphatic heterocycles. The van der Waals surface area contributed by atoms with E-state index < -0.39 is 5.82 Å². The number of halogens is 2. The summed E-state index contributed by atoms with van der Waals surface area (Å²) in [5.74, 6) is -1.03. The number of pyridine rings is 1. The maximum absolute atomic E-state index is 13.1. The molecule has 0 unspecified atom stereocenters. The summed E-state index contributed by atoms with van der Waals surface area (Å²) in [4.78, 5) is 24.8. The van der Waals surface area contributed by atoms with E-state index in [9.17, 15) is 14.0 Å². The number of carbonyl (C=O) groups is 2. The Labute approximate surface area is 192 Å². The molecule has 162 valence electrons. The average molecular weight is 470 g/mol. The van der Waals surface area contributed by atoms with Crippen molar-refractivity contribution in [2.24, 2.45) is 0 Å². The maximum atomic E-state index is 13.1. The Balaban J connectivity index is 1.41. The fourth-order valence-corrected chi connectivity index (χ4v) is 3.82. The normalized spacial score (nSPS) is 10.8. The molecule has 7 nitrogen and oxygen atoms in total. The molecule has 0 bridgehead atoms. The number of rotatable bonds is 7. The third-order valence-corrected chi connectivity index (χ3v) is 5.72. The zero-order valence-electron chi connectivity index (χ0n) is 16.6. The summed E-state index contributed by atoms with van der Waals surface area (Å²) in [6, 6.07) is 16.7. The number of anilines is 1. The minimum Gasteiger partial charge on any atom is -0.348 e. The van der Waals surface area contributed by atoms with Crippen LogP contribution in [-0.2, 0) is 11.3 Å². The molecule has 10 heteroatoms. The molecule has 4 aromatic rings. The fourth-order valence-electron chi connectivity index (χ4n) is 2.89. The summed E-state index contributed by atoms with van der Waals surface area (Å²) in [6.07, 6.45) is 1.63. The SMILES string of the molecule is O=C(CSc1nnc2ccc(C(=O)NCc3ccccc3)cn12)Nc1ccc(F)cc1Cl. The van der Waals surface area contributed by atoms with E-state index in [4.69, 9.17) is 11.6 Å². The van der Waals surface area contributed by atoms with Gasteiger partial charge >= 0.3 is 0 Å². The first-order chi connectivity index (χ1) is 15.5. The number of aromatic nitrogens is 3. The second-order valence-electron chi connectivity index (χ2n) is 6.76. The summed E-state index contributed by atoms with van der Waals surface area (Å²) in [5.41, 5.74) is 2.31. The summed E-state index contributed by atoms with van der Waals surface area (Å²) < 4.78 is 14.8. The Kier molecular flexibility index (Phi) is 6.67. The Morgan fingerprint density at radius 3 is 2.66 bits per heavy atom. The molecular formula is C22H17ClFN5O2S. The van der Waals surface area contributed by atoms with Gasteiger partial charge in [-0.1, -0.05) is 53.7 Å². The van der Waals surface area contributed by atoms with Gasteiger partial charge < -0.3 is 10.6 Å². The number of nitrogens with zero attached hydrogens (tertiary/aromatic N) is 3. The third kappa shape index (κ3) is 5.24. The zero-order chi connectivity index (χ0) is 22.5. The molecule has 2 aromatic carbocycles. The summed E-state index contributed by atoms with van der Waals surface area (Å²) in [7, 11) is 0. The van der Waals surface area contributed by atoms with Crippen molar-refractivity contribution in [2.45, 2.75) is 11.7 Å². The smallest absolute Gasteiger partial charge is 0.253 e. The average Bonchev–Trinajstić information content (AvgIpc) is 3.21. The largest absolute Gasteiger partial charge is 0.348 e. The van der Waals surface area contributed by atoms with Crippen molar-refractivity contribution in [3.63, 3.8) is 0 Å². The zero-order valence-corrected chi connectivity index (χ0v) is 18.2. The predicted octanol–water partition coefficient (Wildman–Crippen LogP) is 4.18. The van der Waals surface area contributed by atoms with E-state index in [1.807, 2.05) is 30.3 Å². The lowest BCUT2D eigenvalue weighted by molar-refractivity contribution is -0.113. The van der Waals surface area contributed by atoms with Crippen LogP contribution in [0.15, 0.2) is 72.0 Å². The highest BCUT2D eigenvalue weighted by Gasteiger charge is 2.13. The highest BCUT2D eigenvalue weighted by atomic mass is 35.5. The van der Waals surface area contributed by atoms with Crippen LogP contribution in [0.3, 0.4) is 0 Å². The van der Waals surface area contributed by atoms with Crippen LogP contribution in [0, 0.1) is 5.82 Å². The van der Waals surface area contributed by atoms with E-state index in [0.717, 1.165) is 23.4 Å². The molecule has 2 heterocycles. The number of nitrogens with one attached hydrogen (secondary N) is 2. The number of hydrogen-bond donors (Lipinski definition) is 2. The lowest BCUT2D eigenvalue weighted by atomic mass is 10.2. The molecule has 2 N–H and O–H groups in total. The van der Waals surface area contributed by atoms with Gasteiger partial charge in [0, 0.05) is 12.7 Å². The standard InChI is InChI=1S/C22H17ClFN5O2S/c23-17-10-16(24)7-8-18(17)26-20(30)13-32-22-28-27-19-9-6-15(12-29(19)22)21(31)25-11-14-4-2-1-3-5-14/h1-10,12H,11,13H2,(H,25,31)(H,26,30). The van der Waals surface area contributed by atoms with Crippen LogP contribution in [0.25, 0.3) is 5.65 Å². The number of amides is 2. The van der Waals surface area contributed by atoms with Crippen molar-refractivity contribution in [3.8, 4) is 0 Å². The van der Waals surface area contributed by atoms with E-state index >= 15 is 0 Å². The number of thioether (sulfide) groups is 1. The van der Waals surface area contributed by atoms with Gasteiger partial charge in [-0.05, 0) is 35.9 Å². The summed E-state index contributed by atoms with van der Waals surface area (Å²) in [6.45, 7) is 0.410. The minimum absolute atomic E-state index is 0.0267. The first-order valence-corrected chi connectivity index (χ1v) is 10.9. The highest BCUT2D eigenvalue weighted by molar-refractivity contribution is 7.99. The lowest BCUT2D eigenvalue weighted by Crippen LogP contribution is -2.23. The summed E-state index contributed by atoms with van der Waals surface area (Å²) >= 11 is 7.09. The Morgan fingerprint density at radius 1 is 1.06 bits per heavy atom. The van der Waals surface area contributed by atoms with E-state index in [-0.39, 0.29) is 22.6 Å². The van der Waals surface area contributed by atoms with Gasteiger partial charge in [0.1, 0.15) is 5.82 Å². The molecule has 4 rings (SSSR count). The van der Waals surface area contributed by atoms with Gasteiger partial charge in [-0.15, -0.1) is 10.2 Å². The molecule has 2 amide bonds. The fraction of sp³-hybridized carbons (Fsp3) is 0.0909. The molecule has 0 aliphatic carbocycles. The molecule has 0 saturated carbocycles. The highest BCUT2D eigenvalue weighted by Crippen LogP contribution is 2.23. The number of hydrogen-bond acceptors (Lipinski definition) is 5. The van der Waals surface area contributed by atoms with Crippen LogP contribution >= 0.6 is 23.4 Å². The van der Waals surface area contributed by atoms with Gasteiger partial charge in [0.15, 0.2) is 10.8 Å². The van der Waals surface area contributed by atoms with Gasteiger partial charge in [-0.3, -0.25) is 14.0 Å². The quantitative estimate of drug-likeness (QED) is 0.396. The van der Waals surface area contributed by atoms with Gasteiger partial charge in [-0.25, -0.2) is 4.39 Å². The van der Waals surface area contributed by atoms with Crippen molar-refractivity contribution >= 4 is 46.5 Å². The van der Waals surface area contributed by atoms with E-state index in [2.05, 4.69) is 20.8 Å². The van der Waals surface area contributed by atoms with Gasteiger partial charge in [0.05, 0.1) is 22.0 Å². The molecule has 0 fully saturated rings. The Bertz CT molecular complexity index is 1280. The van der Waals surface area contributed by atoms with Crippen molar-refractivity contribution in [3.05, 3.63) is 88.8 Å². The molecule has 2 aromatic heterocycles. The monoisotopic (exact) mass is 469 g/mol. The van der Waals surface area contributed by atoms with Crippen LogP contribution in [0.1, 0.15) is 15.9 Å². The van der Waals surface area contributed by atoms with Gasteiger partial charge in [0.25, 0.3) is 5.91 Å². The second kappa shape index (κ2) is 9.80. The third-order valence-electron chi connectivity index (χ3n) is 4.47. The molecule has 32 heavy (non-hydrogen) atoms. The lowest BCUT2D eigenvalue weighted by Gasteiger charge is -2.07. The van der Waals surface area contributed by atoms with Crippen molar-refractivity contribution in [1.29, 1.82) is 0 Å². The van der Waals surface area contributed by atoms with E-state index in [1.54, 1.807) is 22.7 Å². The van der Waals surface area contributed by atoms with Crippen LogP contribution in [0.2, 0.25) is 5.02 Å². The van der Waals surface area contributed by atoms with Crippen molar-refractivity contribution in [2.75, 3.05) is 11.1 Å². The molecule has 0 saturated heterocycles. The van der Waals surface area contributed by atoms with Crippen molar-refractivity contribution in [1.82, 2.24) is 19.9 Å². The molecule has 0 radical (unpaired) electrons. The molecule has 0 spiro atoms. The molecule has 0 atom stereocenters. The van der Waals surface area contributed by atoms with Crippen LogP contribution < -0.4 is 10.6 Å². The topological polar surface area (TPSA) is 88.4 Å². The first-order valence-electron chi connectivity index (χ1n) is 9.54. The van der Waals surface area contributed by atoms with E-state index in [1.165, 1.54) is 12.1 Å². The molecular weight excluding hydrogens is 453 g/mol. The van der Waals surface area contributed by atoms with Crippen LogP contribution in [0.5, 0.6) is 0 Å². The van der Waals surface area contributed by atoms with Crippen LogP contribution in [0.4, 0.5) is 10.1 Å². The second-order valence-corrected chi connectivity index (χ2v) is 8.11. The minimum atomic E-state index is -0.485.